The second-order valence-corrected chi connectivity index (χ2v) is 7.55. The molecular formula is C22H23ClN4O2. The molecule has 0 aliphatic carbocycles. The fourth-order valence-corrected chi connectivity index (χ4v) is 3.84. The number of piperidine rings is 1. The molecular weight excluding hydrogens is 388 g/mol. The summed E-state index contributed by atoms with van der Waals surface area (Å²) in [6, 6.07) is 8.23. The third kappa shape index (κ3) is 4.94. The molecule has 2 heterocycles. The molecule has 1 aliphatic heterocycles. The lowest BCUT2D eigenvalue weighted by Gasteiger charge is -2.33. The van der Waals surface area contributed by atoms with Crippen LogP contribution in [0.15, 0.2) is 30.5 Å². The molecule has 1 fully saturated rings. The van der Waals surface area contributed by atoms with Gasteiger partial charge in [-0.15, -0.1) is 6.42 Å². The van der Waals surface area contributed by atoms with Gasteiger partial charge in [-0.05, 0) is 37.5 Å². The zero-order valence-corrected chi connectivity index (χ0v) is 17.0. The number of carboxylic acids is 1. The average molecular weight is 411 g/mol. The van der Waals surface area contributed by atoms with E-state index in [2.05, 4.69) is 33.3 Å². The first-order valence-electron chi connectivity index (χ1n) is 9.40. The molecule has 0 saturated carbocycles. The van der Waals surface area contributed by atoms with Crippen molar-refractivity contribution in [1.82, 2.24) is 9.88 Å². The van der Waals surface area contributed by atoms with Crippen LogP contribution in [0.3, 0.4) is 0 Å². The number of carbonyl (C=O) groups is 1. The topological polar surface area (TPSA) is 89.3 Å². The summed E-state index contributed by atoms with van der Waals surface area (Å²) in [6.45, 7) is 4.30. The molecule has 1 saturated heterocycles. The second kappa shape index (κ2) is 9.08. The first kappa shape index (κ1) is 20.8. The summed E-state index contributed by atoms with van der Waals surface area (Å²) in [5, 5.41) is 20.6. The molecule has 1 aromatic heterocycles. The van der Waals surface area contributed by atoms with Gasteiger partial charge in [0.1, 0.15) is 5.82 Å². The van der Waals surface area contributed by atoms with Gasteiger partial charge in [-0.3, -0.25) is 4.90 Å². The number of hydrogen-bond acceptors (Lipinski definition) is 5. The Morgan fingerprint density at radius 3 is 2.59 bits per heavy atom. The van der Waals surface area contributed by atoms with Crippen molar-refractivity contribution < 1.29 is 9.90 Å². The molecule has 0 unspecified atom stereocenters. The van der Waals surface area contributed by atoms with Crippen molar-refractivity contribution >= 4 is 29.1 Å². The van der Waals surface area contributed by atoms with Gasteiger partial charge in [0.25, 0.3) is 0 Å². The number of rotatable bonds is 6. The van der Waals surface area contributed by atoms with Gasteiger partial charge < -0.3 is 15.8 Å². The number of nitrogens with zero attached hydrogens (tertiary/aromatic N) is 2. The van der Waals surface area contributed by atoms with Crippen molar-refractivity contribution in [3.05, 3.63) is 57.7 Å². The van der Waals surface area contributed by atoms with Crippen molar-refractivity contribution in [3.8, 4) is 12.3 Å². The summed E-state index contributed by atoms with van der Waals surface area (Å²) in [4.78, 5) is 17.9. The minimum atomic E-state index is -1.15. The first-order valence-corrected chi connectivity index (χ1v) is 9.78. The van der Waals surface area contributed by atoms with Crippen LogP contribution >= 0.6 is 11.6 Å². The highest BCUT2D eigenvalue weighted by atomic mass is 35.5. The quantitative estimate of drug-likeness (QED) is 0.496. The molecule has 7 heteroatoms. The Labute approximate surface area is 175 Å². The number of likely N-dealkylation sites (tertiary alicyclic amines) is 1. The van der Waals surface area contributed by atoms with Crippen LogP contribution < -0.4 is 5.32 Å². The SMILES string of the molecule is C#Cc1ccc(CN2CCC(Nc3ncc(C(=O)O)c(Cl)c3C(C)=N)CC2)cc1. The van der Waals surface area contributed by atoms with E-state index in [4.69, 9.17) is 23.4 Å². The van der Waals surface area contributed by atoms with Gasteiger partial charge in [0.05, 0.1) is 16.1 Å². The van der Waals surface area contributed by atoms with Crippen LogP contribution in [0.4, 0.5) is 5.82 Å². The number of aromatic carboxylic acids is 1. The number of carboxylic acid groups (broad SMARTS) is 1. The van der Waals surface area contributed by atoms with Gasteiger partial charge >= 0.3 is 5.97 Å². The number of aromatic nitrogens is 1. The number of pyridine rings is 1. The molecule has 3 N–H and O–H groups in total. The molecule has 1 aliphatic rings. The number of hydrogen-bond donors (Lipinski definition) is 3. The highest BCUT2D eigenvalue weighted by Crippen LogP contribution is 2.28. The van der Waals surface area contributed by atoms with E-state index in [-0.39, 0.29) is 22.3 Å². The Kier molecular flexibility index (Phi) is 6.53. The summed E-state index contributed by atoms with van der Waals surface area (Å²) < 4.78 is 0. The first-order chi connectivity index (χ1) is 13.9. The number of benzene rings is 1. The van der Waals surface area contributed by atoms with Crippen LogP contribution in [0.25, 0.3) is 0 Å². The predicted octanol–water partition coefficient (Wildman–Crippen LogP) is 3.88. The Morgan fingerprint density at radius 2 is 2.03 bits per heavy atom. The van der Waals surface area contributed by atoms with Crippen molar-refractivity contribution in [2.24, 2.45) is 0 Å². The van der Waals surface area contributed by atoms with E-state index >= 15 is 0 Å². The molecule has 29 heavy (non-hydrogen) atoms. The highest BCUT2D eigenvalue weighted by Gasteiger charge is 2.23. The largest absolute Gasteiger partial charge is 0.478 e. The average Bonchev–Trinajstić information content (AvgIpc) is 2.69. The number of anilines is 1. The van der Waals surface area contributed by atoms with E-state index in [1.807, 2.05) is 12.1 Å². The van der Waals surface area contributed by atoms with Gasteiger partial charge in [-0.2, -0.15) is 0 Å². The number of halogens is 1. The maximum atomic E-state index is 11.3. The Bertz CT molecular complexity index is 958. The summed E-state index contributed by atoms with van der Waals surface area (Å²) in [6.07, 6.45) is 8.48. The van der Waals surface area contributed by atoms with Crippen molar-refractivity contribution in [2.75, 3.05) is 18.4 Å². The van der Waals surface area contributed by atoms with Crippen molar-refractivity contribution in [1.29, 1.82) is 5.41 Å². The van der Waals surface area contributed by atoms with Gasteiger partial charge in [0.2, 0.25) is 0 Å². The van der Waals surface area contributed by atoms with E-state index in [9.17, 15) is 9.90 Å². The molecule has 2 aromatic rings. The van der Waals surface area contributed by atoms with Crippen LogP contribution in [-0.2, 0) is 6.54 Å². The fourth-order valence-electron chi connectivity index (χ4n) is 3.48. The van der Waals surface area contributed by atoms with Gasteiger partial charge in [-0.25, -0.2) is 9.78 Å². The van der Waals surface area contributed by atoms with E-state index in [0.717, 1.165) is 38.0 Å². The van der Waals surface area contributed by atoms with E-state index in [1.165, 1.54) is 11.8 Å². The molecule has 0 amide bonds. The Hall–Kier alpha value is -2.88. The third-order valence-corrected chi connectivity index (χ3v) is 5.47. The van der Waals surface area contributed by atoms with Gasteiger partial charge in [-0.1, -0.05) is 29.7 Å². The molecule has 0 spiro atoms. The summed E-state index contributed by atoms with van der Waals surface area (Å²) in [5.74, 6) is 1.94. The zero-order chi connectivity index (χ0) is 21.0. The normalized spacial score (nSPS) is 14.9. The number of nitrogens with one attached hydrogen (secondary N) is 2. The van der Waals surface area contributed by atoms with E-state index in [1.54, 1.807) is 6.92 Å². The van der Waals surface area contributed by atoms with Crippen LogP contribution in [-0.4, -0.2) is 45.8 Å². The Morgan fingerprint density at radius 1 is 1.38 bits per heavy atom. The molecule has 3 rings (SSSR count). The van der Waals surface area contributed by atoms with Gasteiger partial charge in [0.15, 0.2) is 0 Å². The second-order valence-electron chi connectivity index (χ2n) is 7.18. The minimum absolute atomic E-state index is 0.0513. The monoisotopic (exact) mass is 410 g/mol. The van der Waals surface area contributed by atoms with E-state index in [0.29, 0.717) is 11.4 Å². The summed E-state index contributed by atoms with van der Waals surface area (Å²) in [5.41, 5.74) is 2.55. The predicted molar refractivity (Wildman–Crippen MR) is 115 cm³/mol. The lowest BCUT2D eigenvalue weighted by atomic mass is 10.0. The van der Waals surface area contributed by atoms with Crippen LogP contribution in [0.1, 0.15) is 46.8 Å². The number of terminal acetylenes is 1. The molecule has 1 aromatic carbocycles. The van der Waals surface area contributed by atoms with E-state index < -0.39 is 5.97 Å². The standard InChI is InChI=1S/C22H23ClN4O2/c1-3-15-4-6-16(7-5-15)13-27-10-8-17(9-11-27)26-21-19(14(2)24)20(23)18(12-25-21)22(28)29/h1,4-7,12,17,24H,8-11,13H2,2H3,(H,25,26)(H,28,29). The molecule has 0 atom stereocenters. The maximum absolute atomic E-state index is 11.3. The summed E-state index contributed by atoms with van der Waals surface area (Å²) in [7, 11) is 0. The molecule has 0 radical (unpaired) electrons. The zero-order valence-electron chi connectivity index (χ0n) is 16.2. The molecule has 150 valence electrons. The lowest BCUT2D eigenvalue weighted by Crippen LogP contribution is -2.39. The van der Waals surface area contributed by atoms with Crippen molar-refractivity contribution in [3.63, 3.8) is 0 Å². The van der Waals surface area contributed by atoms with Crippen molar-refractivity contribution in [2.45, 2.75) is 32.4 Å². The molecule has 6 nitrogen and oxygen atoms in total. The maximum Gasteiger partial charge on any atom is 0.338 e. The fraction of sp³-hybridized carbons (Fsp3) is 0.318. The van der Waals surface area contributed by atoms with Crippen LogP contribution in [0.2, 0.25) is 5.02 Å². The highest BCUT2D eigenvalue weighted by molar-refractivity contribution is 6.37. The van der Waals surface area contributed by atoms with Gasteiger partial charge in [0, 0.05) is 43.1 Å². The smallest absolute Gasteiger partial charge is 0.338 e. The van der Waals surface area contributed by atoms with Crippen LogP contribution in [0.5, 0.6) is 0 Å². The molecule has 0 bridgehead atoms. The Balaban J connectivity index is 1.63. The van der Waals surface area contributed by atoms with Crippen LogP contribution in [0, 0.1) is 17.8 Å². The summed E-state index contributed by atoms with van der Waals surface area (Å²) >= 11 is 6.23. The third-order valence-electron chi connectivity index (χ3n) is 5.08. The minimum Gasteiger partial charge on any atom is -0.478 e. The lowest BCUT2D eigenvalue weighted by molar-refractivity contribution is 0.0696.